The van der Waals surface area contributed by atoms with Crippen molar-refractivity contribution >= 4 is 5.91 Å². The maximum Gasteiger partial charge on any atom is 0.237 e. The normalized spacial score (nSPS) is 24.7. The third kappa shape index (κ3) is 5.07. The van der Waals surface area contributed by atoms with Crippen LogP contribution in [0.3, 0.4) is 0 Å². The summed E-state index contributed by atoms with van der Waals surface area (Å²) in [5, 5.41) is 3.53. The third-order valence-corrected chi connectivity index (χ3v) is 5.36. The van der Waals surface area contributed by atoms with Gasteiger partial charge in [0.1, 0.15) is 0 Å². The van der Waals surface area contributed by atoms with Gasteiger partial charge in [0.05, 0.1) is 6.54 Å². The van der Waals surface area contributed by atoms with E-state index in [1.165, 1.54) is 24.8 Å². The van der Waals surface area contributed by atoms with Crippen LogP contribution in [-0.2, 0) is 11.3 Å². The first kappa shape index (κ1) is 18.0. The number of rotatable bonds is 6. The number of carbonyl (C=O) groups is 1. The fourth-order valence-corrected chi connectivity index (χ4v) is 3.53. The van der Waals surface area contributed by atoms with E-state index >= 15 is 0 Å². The Morgan fingerprint density at radius 1 is 1.22 bits per heavy atom. The van der Waals surface area contributed by atoms with Crippen molar-refractivity contribution in [1.29, 1.82) is 0 Å². The molecule has 128 valence electrons. The SMILES string of the molecule is CC(C)N(Cc1ccccc1)C(=O)CN[C@@H]1CCC[C@H](C)[C@@H]1C. The number of amides is 1. The van der Waals surface area contributed by atoms with Gasteiger partial charge in [0.15, 0.2) is 0 Å². The smallest absolute Gasteiger partial charge is 0.237 e. The second kappa shape index (κ2) is 8.49. The van der Waals surface area contributed by atoms with Gasteiger partial charge in [-0.25, -0.2) is 0 Å². The predicted octanol–water partition coefficient (Wildman–Crippen LogP) is 3.84. The summed E-state index contributed by atoms with van der Waals surface area (Å²) in [4.78, 5) is 14.7. The van der Waals surface area contributed by atoms with Crippen LogP contribution in [0.4, 0.5) is 0 Å². The highest BCUT2D eigenvalue weighted by atomic mass is 16.2. The van der Waals surface area contributed by atoms with Crippen LogP contribution in [0.5, 0.6) is 0 Å². The Hall–Kier alpha value is -1.35. The number of nitrogens with zero attached hydrogens (tertiary/aromatic N) is 1. The first-order chi connectivity index (χ1) is 11.0. The van der Waals surface area contributed by atoms with E-state index in [0.717, 1.165) is 5.92 Å². The van der Waals surface area contributed by atoms with Crippen molar-refractivity contribution in [2.75, 3.05) is 6.54 Å². The summed E-state index contributed by atoms with van der Waals surface area (Å²) in [7, 11) is 0. The summed E-state index contributed by atoms with van der Waals surface area (Å²) in [5.74, 6) is 1.61. The lowest BCUT2D eigenvalue weighted by molar-refractivity contribution is -0.132. The van der Waals surface area contributed by atoms with Gasteiger partial charge >= 0.3 is 0 Å². The summed E-state index contributed by atoms with van der Waals surface area (Å²) in [6.45, 7) is 9.97. The van der Waals surface area contributed by atoms with E-state index in [2.05, 4.69) is 45.1 Å². The Bertz CT molecular complexity index is 486. The molecule has 0 aromatic heterocycles. The molecule has 3 atom stereocenters. The maximum atomic E-state index is 12.7. The van der Waals surface area contributed by atoms with Crippen molar-refractivity contribution in [3.63, 3.8) is 0 Å². The minimum absolute atomic E-state index is 0.203. The monoisotopic (exact) mass is 316 g/mol. The lowest BCUT2D eigenvalue weighted by Gasteiger charge is -2.35. The van der Waals surface area contributed by atoms with Gasteiger partial charge < -0.3 is 10.2 Å². The van der Waals surface area contributed by atoms with Crippen molar-refractivity contribution in [1.82, 2.24) is 10.2 Å². The van der Waals surface area contributed by atoms with Gasteiger partial charge in [-0.2, -0.15) is 0 Å². The van der Waals surface area contributed by atoms with Crippen LogP contribution in [0.1, 0.15) is 52.5 Å². The fraction of sp³-hybridized carbons (Fsp3) is 0.650. The number of benzene rings is 1. The summed E-state index contributed by atoms with van der Waals surface area (Å²) in [6.07, 6.45) is 3.79. The number of nitrogens with one attached hydrogen (secondary N) is 1. The Kier molecular flexibility index (Phi) is 6.64. The molecule has 1 aliphatic rings. The standard InChI is InChI=1S/C20H32N2O/c1-15(2)22(14-18-10-6-5-7-11-18)20(23)13-21-19-12-8-9-16(3)17(19)4/h5-7,10-11,15-17,19,21H,8-9,12-14H2,1-4H3/t16-,17-,19+/m0/s1. The second-order valence-corrected chi connectivity index (χ2v) is 7.36. The zero-order chi connectivity index (χ0) is 16.8. The van der Waals surface area contributed by atoms with Crippen LogP contribution in [0.15, 0.2) is 30.3 Å². The zero-order valence-electron chi connectivity index (χ0n) is 15.1. The average Bonchev–Trinajstić information content (AvgIpc) is 2.54. The van der Waals surface area contributed by atoms with Gasteiger partial charge in [-0.15, -0.1) is 0 Å². The van der Waals surface area contributed by atoms with Crippen LogP contribution in [0.2, 0.25) is 0 Å². The molecular weight excluding hydrogens is 284 g/mol. The van der Waals surface area contributed by atoms with Gasteiger partial charge in [0, 0.05) is 18.6 Å². The van der Waals surface area contributed by atoms with Gasteiger partial charge in [-0.05, 0) is 37.7 Å². The molecule has 2 rings (SSSR count). The van der Waals surface area contributed by atoms with Crippen molar-refractivity contribution in [3.8, 4) is 0 Å². The minimum Gasteiger partial charge on any atom is -0.335 e. The lowest BCUT2D eigenvalue weighted by atomic mass is 9.78. The van der Waals surface area contributed by atoms with Gasteiger partial charge in [-0.1, -0.05) is 57.0 Å². The summed E-state index contributed by atoms with van der Waals surface area (Å²) < 4.78 is 0. The van der Waals surface area contributed by atoms with E-state index in [9.17, 15) is 4.79 Å². The van der Waals surface area contributed by atoms with Crippen LogP contribution in [0.25, 0.3) is 0 Å². The fourth-order valence-electron chi connectivity index (χ4n) is 3.53. The molecule has 1 aromatic rings. The molecule has 0 spiro atoms. The molecule has 1 fully saturated rings. The summed E-state index contributed by atoms with van der Waals surface area (Å²) in [6, 6.07) is 10.9. The molecule has 0 unspecified atom stereocenters. The number of carbonyl (C=O) groups excluding carboxylic acids is 1. The molecule has 1 saturated carbocycles. The molecule has 1 aliphatic carbocycles. The molecule has 1 N–H and O–H groups in total. The molecule has 3 heteroatoms. The first-order valence-electron chi connectivity index (χ1n) is 9.05. The minimum atomic E-state index is 0.203. The number of hydrogen-bond donors (Lipinski definition) is 1. The third-order valence-electron chi connectivity index (χ3n) is 5.36. The van der Waals surface area contributed by atoms with Crippen molar-refractivity contribution < 1.29 is 4.79 Å². The molecule has 0 bridgehead atoms. The summed E-state index contributed by atoms with van der Waals surface area (Å²) >= 11 is 0. The van der Waals surface area contributed by atoms with Crippen LogP contribution in [0, 0.1) is 11.8 Å². The predicted molar refractivity (Wildman–Crippen MR) is 96.1 cm³/mol. The van der Waals surface area contributed by atoms with E-state index in [1.807, 2.05) is 23.1 Å². The van der Waals surface area contributed by atoms with Crippen molar-refractivity contribution in [2.45, 2.75) is 65.6 Å². The summed E-state index contributed by atoms with van der Waals surface area (Å²) in [5.41, 5.74) is 1.19. The van der Waals surface area contributed by atoms with Gasteiger partial charge in [0.2, 0.25) is 5.91 Å². The van der Waals surface area contributed by atoms with E-state index in [-0.39, 0.29) is 11.9 Å². The highest BCUT2D eigenvalue weighted by Gasteiger charge is 2.27. The first-order valence-corrected chi connectivity index (χ1v) is 9.05. The van der Waals surface area contributed by atoms with Crippen LogP contribution >= 0.6 is 0 Å². The van der Waals surface area contributed by atoms with Crippen molar-refractivity contribution in [3.05, 3.63) is 35.9 Å². The van der Waals surface area contributed by atoms with Gasteiger partial charge in [0.25, 0.3) is 0 Å². The average molecular weight is 316 g/mol. The molecule has 0 aliphatic heterocycles. The molecule has 1 amide bonds. The van der Waals surface area contributed by atoms with Crippen LogP contribution < -0.4 is 5.32 Å². The second-order valence-electron chi connectivity index (χ2n) is 7.36. The number of hydrogen-bond acceptors (Lipinski definition) is 2. The highest BCUT2D eigenvalue weighted by Crippen LogP contribution is 2.29. The molecular formula is C20H32N2O. The Labute approximate surface area is 141 Å². The van der Waals surface area contributed by atoms with E-state index in [1.54, 1.807) is 0 Å². The molecule has 0 heterocycles. The molecule has 1 aromatic carbocycles. The zero-order valence-corrected chi connectivity index (χ0v) is 15.1. The Morgan fingerprint density at radius 3 is 2.57 bits per heavy atom. The largest absolute Gasteiger partial charge is 0.335 e. The van der Waals surface area contributed by atoms with Gasteiger partial charge in [-0.3, -0.25) is 4.79 Å². The quantitative estimate of drug-likeness (QED) is 0.865. The van der Waals surface area contributed by atoms with Crippen molar-refractivity contribution in [2.24, 2.45) is 11.8 Å². The maximum absolute atomic E-state index is 12.7. The Balaban J connectivity index is 1.91. The Morgan fingerprint density at radius 2 is 1.91 bits per heavy atom. The molecule has 0 saturated heterocycles. The topological polar surface area (TPSA) is 32.3 Å². The van der Waals surface area contributed by atoms with E-state index in [0.29, 0.717) is 25.0 Å². The molecule has 23 heavy (non-hydrogen) atoms. The lowest BCUT2D eigenvalue weighted by Crippen LogP contribution is -2.47. The molecule has 0 radical (unpaired) electrons. The highest BCUT2D eigenvalue weighted by molar-refractivity contribution is 5.78. The van der Waals surface area contributed by atoms with E-state index < -0.39 is 0 Å². The van der Waals surface area contributed by atoms with E-state index in [4.69, 9.17) is 0 Å². The van der Waals surface area contributed by atoms with Crippen LogP contribution in [-0.4, -0.2) is 29.4 Å². The molecule has 3 nitrogen and oxygen atoms in total.